The summed E-state index contributed by atoms with van der Waals surface area (Å²) in [6.07, 6.45) is 2.69. The number of thiol groups is 1. The molecule has 0 heterocycles. The second kappa shape index (κ2) is 7.38. The van der Waals surface area contributed by atoms with Crippen molar-refractivity contribution < 1.29 is 4.79 Å². The summed E-state index contributed by atoms with van der Waals surface area (Å²) in [6.45, 7) is 5.84. The Hall–Kier alpha value is -0.960. The summed E-state index contributed by atoms with van der Waals surface area (Å²) < 4.78 is 0. The molecule has 0 fully saturated rings. The van der Waals surface area contributed by atoms with Crippen molar-refractivity contribution in [1.82, 2.24) is 4.90 Å². The van der Waals surface area contributed by atoms with Crippen LogP contribution in [-0.4, -0.2) is 23.9 Å². The average molecular weight is 251 g/mol. The van der Waals surface area contributed by atoms with E-state index >= 15 is 0 Å². The lowest BCUT2D eigenvalue weighted by molar-refractivity contribution is -0.130. The number of nitrogens with zero attached hydrogens (tertiary/aromatic N) is 1. The Morgan fingerprint density at radius 3 is 2.41 bits per heavy atom. The fourth-order valence-corrected chi connectivity index (χ4v) is 1.86. The van der Waals surface area contributed by atoms with Crippen LogP contribution in [-0.2, 0) is 11.2 Å². The third-order valence-corrected chi connectivity index (χ3v) is 3.11. The minimum Gasteiger partial charge on any atom is -0.343 e. The molecule has 1 amide bonds. The number of carbonyl (C=O) groups is 1. The first-order chi connectivity index (χ1) is 8.17. The van der Waals surface area contributed by atoms with Gasteiger partial charge in [-0.3, -0.25) is 4.79 Å². The maximum atomic E-state index is 12.0. The van der Waals surface area contributed by atoms with Gasteiger partial charge in [0.25, 0.3) is 0 Å². The topological polar surface area (TPSA) is 20.3 Å². The fourth-order valence-electron chi connectivity index (χ4n) is 1.71. The number of amides is 1. The molecule has 1 aromatic rings. The molecule has 0 aliphatic rings. The predicted octanol–water partition coefficient (Wildman–Crippen LogP) is 3.17. The Bertz CT molecular complexity index is 348. The van der Waals surface area contributed by atoms with Crippen molar-refractivity contribution in [1.29, 1.82) is 0 Å². The van der Waals surface area contributed by atoms with Gasteiger partial charge in [-0.15, -0.1) is 12.6 Å². The molecule has 0 aromatic heterocycles. The molecule has 17 heavy (non-hydrogen) atoms. The van der Waals surface area contributed by atoms with Crippen molar-refractivity contribution in [3.8, 4) is 0 Å². The number of carbonyl (C=O) groups excluding carboxylic acids is 1. The lowest BCUT2D eigenvalue weighted by atomic mass is 10.1. The van der Waals surface area contributed by atoms with Crippen LogP contribution in [0.5, 0.6) is 0 Å². The molecule has 0 aliphatic heterocycles. The minimum absolute atomic E-state index is 0.216. The molecule has 1 rings (SSSR count). The van der Waals surface area contributed by atoms with Crippen molar-refractivity contribution in [3.63, 3.8) is 0 Å². The maximum absolute atomic E-state index is 12.0. The quantitative estimate of drug-likeness (QED) is 0.770. The first-order valence-corrected chi connectivity index (χ1v) is 6.67. The van der Waals surface area contributed by atoms with E-state index in [1.54, 1.807) is 0 Å². The highest BCUT2D eigenvalue weighted by molar-refractivity contribution is 7.80. The second-order valence-electron chi connectivity index (χ2n) is 4.17. The molecule has 0 atom stereocenters. The average Bonchev–Trinajstić information content (AvgIpc) is 2.33. The first-order valence-electron chi connectivity index (χ1n) is 6.23. The number of benzene rings is 1. The largest absolute Gasteiger partial charge is 0.343 e. The highest BCUT2D eigenvalue weighted by Gasteiger charge is 2.11. The van der Waals surface area contributed by atoms with Gasteiger partial charge in [0.1, 0.15) is 0 Å². The Balaban J connectivity index is 2.54. The Morgan fingerprint density at radius 2 is 1.88 bits per heavy atom. The van der Waals surface area contributed by atoms with Gasteiger partial charge in [0.05, 0.1) is 6.42 Å². The van der Waals surface area contributed by atoms with Gasteiger partial charge in [-0.05, 0) is 31.0 Å². The van der Waals surface area contributed by atoms with Gasteiger partial charge in [0.15, 0.2) is 0 Å². The van der Waals surface area contributed by atoms with Crippen molar-refractivity contribution in [3.05, 3.63) is 29.8 Å². The van der Waals surface area contributed by atoms with Crippen LogP contribution in [0.25, 0.3) is 0 Å². The van der Waals surface area contributed by atoms with E-state index in [0.29, 0.717) is 6.42 Å². The van der Waals surface area contributed by atoms with Crippen molar-refractivity contribution >= 4 is 18.5 Å². The smallest absolute Gasteiger partial charge is 0.226 e. The zero-order valence-electron chi connectivity index (χ0n) is 10.6. The third kappa shape index (κ3) is 4.82. The molecule has 0 unspecified atom stereocenters. The van der Waals surface area contributed by atoms with Gasteiger partial charge >= 0.3 is 0 Å². The van der Waals surface area contributed by atoms with Crippen molar-refractivity contribution in [2.75, 3.05) is 13.1 Å². The Kier molecular flexibility index (Phi) is 6.12. The van der Waals surface area contributed by atoms with Crippen LogP contribution in [0.3, 0.4) is 0 Å². The normalized spacial score (nSPS) is 10.3. The van der Waals surface area contributed by atoms with E-state index in [2.05, 4.69) is 19.6 Å². The van der Waals surface area contributed by atoms with E-state index in [4.69, 9.17) is 0 Å². The highest BCUT2D eigenvalue weighted by atomic mass is 32.1. The molecule has 2 nitrogen and oxygen atoms in total. The predicted molar refractivity (Wildman–Crippen MR) is 74.6 cm³/mol. The lowest BCUT2D eigenvalue weighted by Crippen LogP contribution is -2.32. The van der Waals surface area contributed by atoms with Gasteiger partial charge in [0.2, 0.25) is 5.91 Å². The number of likely N-dealkylation sites (N-methyl/N-ethyl adjacent to an activating group) is 1. The molecule has 3 heteroatoms. The SMILES string of the molecule is CCCCN(CC)C(=O)Cc1ccc(S)cc1. The summed E-state index contributed by atoms with van der Waals surface area (Å²) in [4.78, 5) is 14.9. The second-order valence-corrected chi connectivity index (χ2v) is 4.69. The van der Waals surface area contributed by atoms with E-state index in [1.165, 1.54) is 0 Å². The molecule has 0 aliphatic carbocycles. The van der Waals surface area contributed by atoms with Crippen LogP contribution in [0.2, 0.25) is 0 Å². The van der Waals surface area contributed by atoms with Gasteiger partial charge in [-0.1, -0.05) is 25.5 Å². The van der Waals surface area contributed by atoms with Gasteiger partial charge in [-0.25, -0.2) is 0 Å². The summed E-state index contributed by atoms with van der Waals surface area (Å²) in [7, 11) is 0. The monoisotopic (exact) mass is 251 g/mol. The van der Waals surface area contributed by atoms with E-state index in [9.17, 15) is 4.79 Å². The minimum atomic E-state index is 0.216. The first kappa shape index (κ1) is 14.1. The highest BCUT2D eigenvalue weighted by Crippen LogP contribution is 2.09. The molecular weight excluding hydrogens is 230 g/mol. The zero-order chi connectivity index (χ0) is 12.7. The number of hydrogen-bond donors (Lipinski definition) is 1. The van der Waals surface area contributed by atoms with Gasteiger partial charge < -0.3 is 4.90 Å². The number of rotatable bonds is 6. The summed E-state index contributed by atoms with van der Waals surface area (Å²) in [6, 6.07) is 7.78. The summed E-state index contributed by atoms with van der Waals surface area (Å²) in [5.41, 5.74) is 1.06. The lowest BCUT2D eigenvalue weighted by Gasteiger charge is -2.20. The summed E-state index contributed by atoms with van der Waals surface area (Å²) in [5.74, 6) is 0.216. The maximum Gasteiger partial charge on any atom is 0.226 e. The van der Waals surface area contributed by atoms with E-state index in [0.717, 1.165) is 36.4 Å². The van der Waals surface area contributed by atoms with Crippen molar-refractivity contribution in [2.45, 2.75) is 38.0 Å². The van der Waals surface area contributed by atoms with Crippen LogP contribution in [0.15, 0.2) is 29.2 Å². The zero-order valence-corrected chi connectivity index (χ0v) is 11.5. The van der Waals surface area contributed by atoms with Crippen molar-refractivity contribution in [2.24, 2.45) is 0 Å². The van der Waals surface area contributed by atoms with E-state index < -0.39 is 0 Å². The molecule has 0 saturated heterocycles. The summed E-state index contributed by atoms with van der Waals surface area (Å²) >= 11 is 4.23. The molecule has 0 bridgehead atoms. The van der Waals surface area contributed by atoms with Crippen LogP contribution in [0.4, 0.5) is 0 Å². The van der Waals surface area contributed by atoms with E-state index in [1.807, 2.05) is 36.1 Å². The molecule has 1 aromatic carbocycles. The number of hydrogen-bond acceptors (Lipinski definition) is 2. The van der Waals surface area contributed by atoms with Crippen LogP contribution in [0.1, 0.15) is 32.3 Å². The van der Waals surface area contributed by atoms with Crippen LogP contribution in [0, 0.1) is 0 Å². The molecular formula is C14H21NOS. The molecule has 0 N–H and O–H groups in total. The van der Waals surface area contributed by atoms with E-state index in [-0.39, 0.29) is 5.91 Å². The molecule has 94 valence electrons. The summed E-state index contributed by atoms with van der Waals surface area (Å²) in [5, 5.41) is 0. The third-order valence-electron chi connectivity index (χ3n) is 2.81. The van der Waals surface area contributed by atoms with Crippen LogP contribution >= 0.6 is 12.6 Å². The molecule has 0 spiro atoms. The molecule has 0 saturated carbocycles. The molecule has 0 radical (unpaired) electrons. The van der Waals surface area contributed by atoms with Gasteiger partial charge in [0, 0.05) is 18.0 Å². The van der Waals surface area contributed by atoms with Gasteiger partial charge in [-0.2, -0.15) is 0 Å². The standard InChI is InChI=1S/C14H21NOS/c1-3-5-10-15(4-2)14(16)11-12-6-8-13(17)9-7-12/h6-9,17H,3-5,10-11H2,1-2H3. The fraction of sp³-hybridized carbons (Fsp3) is 0.500. The van der Waals surface area contributed by atoms with Crippen LogP contribution < -0.4 is 0 Å². The Morgan fingerprint density at radius 1 is 1.24 bits per heavy atom. The number of unbranched alkanes of at least 4 members (excludes halogenated alkanes) is 1. The Labute approximate surface area is 109 Å².